The Morgan fingerprint density at radius 1 is 1.38 bits per heavy atom. The third-order valence-corrected chi connectivity index (χ3v) is 3.46. The maximum absolute atomic E-state index is 12.0. The molecule has 0 radical (unpaired) electrons. The van der Waals surface area contributed by atoms with Crippen LogP contribution in [0.5, 0.6) is 0 Å². The molecule has 4 N–H and O–H groups in total. The quantitative estimate of drug-likeness (QED) is 0.717. The molecule has 0 aromatic heterocycles. The fraction of sp³-hybridized carbons (Fsp3) is 0.429. The fourth-order valence-corrected chi connectivity index (χ4v) is 2.00. The molecule has 7 nitrogen and oxygen atoms in total. The summed E-state index contributed by atoms with van der Waals surface area (Å²) in [7, 11) is 0. The van der Waals surface area contributed by atoms with Crippen molar-refractivity contribution in [2.45, 2.75) is 25.4 Å². The van der Waals surface area contributed by atoms with Gasteiger partial charge < -0.3 is 16.2 Å². The molecule has 0 heterocycles. The first-order valence-corrected chi connectivity index (χ1v) is 6.70. The van der Waals surface area contributed by atoms with Gasteiger partial charge in [-0.05, 0) is 49.9 Å². The summed E-state index contributed by atoms with van der Waals surface area (Å²) in [5.74, 6) is 0.00343. The molecule has 0 saturated heterocycles. The van der Waals surface area contributed by atoms with E-state index in [1.807, 2.05) is 0 Å². The molecule has 21 heavy (non-hydrogen) atoms. The SMILES string of the molecule is CC(O)(CNC(=O)c1ccc(N=NC(N)=O)cc1)C1CC1. The topological polar surface area (TPSA) is 117 Å². The molecule has 1 atom stereocenters. The number of carbonyl (C=O) groups excluding carboxylic acids is 2. The molecule has 1 aromatic carbocycles. The molecule has 3 amide bonds. The predicted molar refractivity (Wildman–Crippen MR) is 76.2 cm³/mol. The third-order valence-electron chi connectivity index (χ3n) is 3.46. The van der Waals surface area contributed by atoms with Gasteiger partial charge in [-0.1, -0.05) is 5.11 Å². The van der Waals surface area contributed by atoms with E-state index in [1.165, 1.54) is 0 Å². The molecule has 0 spiro atoms. The summed E-state index contributed by atoms with van der Waals surface area (Å²) < 4.78 is 0. The Kier molecular flexibility index (Phi) is 4.32. The number of primary amides is 1. The minimum Gasteiger partial charge on any atom is -0.388 e. The van der Waals surface area contributed by atoms with E-state index in [0.29, 0.717) is 11.3 Å². The number of nitrogens with zero attached hydrogens (tertiary/aromatic N) is 2. The number of hydrogen-bond acceptors (Lipinski definition) is 4. The molecular formula is C14H18N4O3. The van der Waals surface area contributed by atoms with Gasteiger partial charge in [0.25, 0.3) is 5.91 Å². The number of carbonyl (C=O) groups is 2. The maximum atomic E-state index is 12.0. The van der Waals surface area contributed by atoms with Crippen molar-refractivity contribution < 1.29 is 14.7 Å². The summed E-state index contributed by atoms with van der Waals surface area (Å²) in [6.45, 7) is 1.96. The molecule has 7 heteroatoms. The molecule has 112 valence electrons. The first-order chi connectivity index (χ1) is 9.88. The summed E-state index contributed by atoms with van der Waals surface area (Å²) in [4.78, 5) is 22.4. The monoisotopic (exact) mass is 290 g/mol. The lowest BCUT2D eigenvalue weighted by Gasteiger charge is -2.23. The predicted octanol–water partition coefficient (Wildman–Crippen LogP) is 1.74. The highest BCUT2D eigenvalue weighted by Crippen LogP contribution is 2.39. The zero-order chi connectivity index (χ0) is 15.5. The second-order valence-corrected chi connectivity index (χ2v) is 5.40. The van der Waals surface area contributed by atoms with Crippen molar-refractivity contribution >= 4 is 17.6 Å². The van der Waals surface area contributed by atoms with E-state index in [1.54, 1.807) is 31.2 Å². The van der Waals surface area contributed by atoms with Crippen LogP contribution in [0.15, 0.2) is 34.5 Å². The lowest BCUT2D eigenvalue weighted by Crippen LogP contribution is -2.42. The maximum Gasteiger partial charge on any atom is 0.356 e. The van der Waals surface area contributed by atoms with E-state index < -0.39 is 11.6 Å². The molecule has 1 aliphatic rings. The molecule has 1 aromatic rings. The second kappa shape index (κ2) is 6.01. The van der Waals surface area contributed by atoms with Gasteiger partial charge in [-0.25, -0.2) is 4.79 Å². The summed E-state index contributed by atoms with van der Waals surface area (Å²) in [6.07, 6.45) is 2.00. The average Bonchev–Trinajstić information content (AvgIpc) is 3.28. The van der Waals surface area contributed by atoms with Crippen LogP contribution in [0.4, 0.5) is 10.5 Å². The van der Waals surface area contributed by atoms with Gasteiger partial charge in [0, 0.05) is 12.1 Å². The van der Waals surface area contributed by atoms with Crippen LogP contribution in [0, 0.1) is 5.92 Å². The molecule has 1 fully saturated rings. The number of aliphatic hydroxyl groups is 1. The highest BCUT2D eigenvalue weighted by atomic mass is 16.3. The normalized spacial score (nSPS) is 17.4. The number of hydrogen-bond donors (Lipinski definition) is 3. The van der Waals surface area contributed by atoms with Gasteiger partial charge in [0.15, 0.2) is 0 Å². The van der Waals surface area contributed by atoms with Crippen molar-refractivity contribution in [1.82, 2.24) is 5.32 Å². The highest BCUT2D eigenvalue weighted by molar-refractivity contribution is 5.94. The van der Waals surface area contributed by atoms with Gasteiger partial charge in [-0.2, -0.15) is 0 Å². The number of amides is 3. The van der Waals surface area contributed by atoms with Crippen LogP contribution in [-0.2, 0) is 0 Å². The first-order valence-electron chi connectivity index (χ1n) is 6.70. The zero-order valence-corrected chi connectivity index (χ0v) is 11.7. The number of nitrogens with two attached hydrogens (primary N) is 1. The molecular weight excluding hydrogens is 272 g/mol. The van der Waals surface area contributed by atoms with Crippen LogP contribution in [0.3, 0.4) is 0 Å². The van der Waals surface area contributed by atoms with Gasteiger partial charge in [-0.15, -0.1) is 5.11 Å². The van der Waals surface area contributed by atoms with Gasteiger partial charge in [-0.3, -0.25) is 4.79 Å². The lowest BCUT2D eigenvalue weighted by atomic mass is 10.0. The Labute approximate surface area is 122 Å². The lowest BCUT2D eigenvalue weighted by molar-refractivity contribution is 0.0354. The van der Waals surface area contributed by atoms with E-state index in [-0.39, 0.29) is 18.4 Å². The van der Waals surface area contributed by atoms with E-state index in [2.05, 4.69) is 15.5 Å². The minimum atomic E-state index is -0.876. The van der Waals surface area contributed by atoms with Crippen molar-refractivity contribution in [3.8, 4) is 0 Å². The number of azo groups is 1. The smallest absolute Gasteiger partial charge is 0.356 e. The Balaban J connectivity index is 1.92. The van der Waals surface area contributed by atoms with Crippen molar-refractivity contribution in [1.29, 1.82) is 0 Å². The van der Waals surface area contributed by atoms with E-state index in [9.17, 15) is 14.7 Å². The van der Waals surface area contributed by atoms with Crippen molar-refractivity contribution in [3.63, 3.8) is 0 Å². The number of benzene rings is 1. The Bertz CT molecular complexity index is 562. The largest absolute Gasteiger partial charge is 0.388 e. The van der Waals surface area contributed by atoms with Crippen LogP contribution < -0.4 is 11.1 Å². The van der Waals surface area contributed by atoms with Crippen LogP contribution >= 0.6 is 0 Å². The number of urea groups is 1. The standard InChI is InChI=1S/C14H18N4O3/c1-14(21,10-4-5-10)8-16-12(19)9-2-6-11(7-3-9)17-18-13(15)20/h2-3,6-7,10,21H,4-5,8H2,1H3,(H2,15,20)(H,16,19). The summed E-state index contributed by atoms with van der Waals surface area (Å²) in [5, 5.41) is 19.6. The second-order valence-electron chi connectivity index (χ2n) is 5.40. The molecule has 0 aliphatic heterocycles. The minimum absolute atomic E-state index is 0.222. The number of nitrogens with one attached hydrogen (secondary N) is 1. The van der Waals surface area contributed by atoms with E-state index in [0.717, 1.165) is 12.8 Å². The summed E-state index contributed by atoms with van der Waals surface area (Å²) in [6, 6.07) is 5.37. The zero-order valence-electron chi connectivity index (χ0n) is 11.7. The highest BCUT2D eigenvalue weighted by Gasteiger charge is 2.39. The molecule has 1 unspecified atom stereocenters. The number of rotatable bonds is 5. The van der Waals surface area contributed by atoms with Crippen molar-refractivity contribution in [3.05, 3.63) is 29.8 Å². The first kappa shape index (κ1) is 15.1. The average molecular weight is 290 g/mol. The third kappa shape index (κ3) is 4.35. The van der Waals surface area contributed by atoms with Crippen LogP contribution in [-0.4, -0.2) is 29.2 Å². The van der Waals surface area contributed by atoms with Crippen LogP contribution in [0.1, 0.15) is 30.1 Å². The Morgan fingerprint density at radius 3 is 2.52 bits per heavy atom. The van der Waals surface area contributed by atoms with E-state index in [4.69, 9.17) is 5.73 Å². The fourth-order valence-electron chi connectivity index (χ4n) is 2.00. The summed E-state index contributed by atoms with van der Waals surface area (Å²) >= 11 is 0. The van der Waals surface area contributed by atoms with Gasteiger partial charge in [0.1, 0.15) is 0 Å². The van der Waals surface area contributed by atoms with Crippen LogP contribution in [0.25, 0.3) is 0 Å². The molecule has 2 rings (SSSR count). The van der Waals surface area contributed by atoms with E-state index >= 15 is 0 Å². The molecule has 0 bridgehead atoms. The molecule has 1 saturated carbocycles. The van der Waals surface area contributed by atoms with Crippen LogP contribution in [0.2, 0.25) is 0 Å². The van der Waals surface area contributed by atoms with Gasteiger partial charge in [0.05, 0.1) is 11.3 Å². The van der Waals surface area contributed by atoms with Crippen molar-refractivity contribution in [2.24, 2.45) is 21.9 Å². The van der Waals surface area contributed by atoms with Gasteiger partial charge >= 0.3 is 6.03 Å². The summed E-state index contributed by atoms with van der Waals surface area (Å²) in [5.41, 5.74) is 4.86. The van der Waals surface area contributed by atoms with Gasteiger partial charge in [0.2, 0.25) is 0 Å². The Morgan fingerprint density at radius 2 is 2.00 bits per heavy atom. The Hall–Kier alpha value is -2.28. The van der Waals surface area contributed by atoms with Crippen molar-refractivity contribution in [2.75, 3.05) is 6.54 Å². The molecule has 1 aliphatic carbocycles.